The van der Waals surface area contributed by atoms with Crippen molar-refractivity contribution < 1.29 is 43.9 Å². The van der Waals surface area contributed by atoms with E-state index in [0.717, 1.165) is 18.7 Å². The monoisotopic (exact) mass is 650 g/mol. The van der Waals surface area contributed by atoms with Gasteiger partial charge in [-0.1, -0.05) is 45.1 Å². The van der Waals surface area contributed by atoms with Crippen LogP contribution in [0.5, 0.6) is 0 Å². The summed E-state index contributed by atoms with van der Waals surface area (Å²) in [6, 6.07) is 0. The molecule has 10 atom stereocenters. The largest absolute Gasteiger partial charge is 0.457 e. The lowest BCUT2D eigenvalue weighted by molar-refractivity contribution is -0.151. The van der Waals surface area contributed by atoms with Gasteiger partial charge in [0.05, 0.1) is 36.4 Å². The Hall–Kier alpha value is -2.28. The normalized spacial score (nSPS) is 35.3. The number of allylic oxidation sites excluding steroid dienone is 2. The second-order valence-electron chi connectivity index (χ2n) is 14.0. The second-order valence-corrected chi connectivity index (χ2v) is 14.0. The van der Waals surface area contributed by atoms with Crippen LogP contribution in [0.15, 0.2) is 36.0 Å². The number of amides is 1. The lowest BCUT2D eigenvalue weighted by Gasteiger charge is -2.38. The first-order valence-electron chi connectivity index (χ1n) is 16.8. The van der Waals surface area contributed by atoms with E-state index in [-0.39, 0.29) is 36.9 Å². The van der Waals surface area contributed by atoms with Crippen LogP contribution in [0.3, 0.4) is 0 Å². The number of epoxide rings is 1. The standard InChI is InChI=1S/C35H58N2O9/c1-9-27(39)25(4)32-28(44-32)22-34(5,42)15-10-11-23(2)31-24(3)12-13-29(45-33(41)37-19-17-36(7)18-20-37)35(6,43-8)16-14-26(38)21-30(40)46-31/h10-13,15,24-29,31-32,38-39,42H,9,14,16-22H2,1-8H3/b13-12+,15-10+,23-11+/t24-,25+,26+,27-,28+,29-,31+,32+,34-,35+/m0/s1. The molecule has 0 aromatic rings. The Balaban J connectivity index is 1.77. The summed E-state index contributed by atoms with van der Waals surface area (Å²) in [7, 11) is 3.58. The Morgan fingerprint density at radius 3 is 2.57 bits per heavy atom. The molecule has 0 aliphatic carbocycles. The molecule has 3 aliphatic heterocycles. The number of carbonyl (C=O) groups excluding carboxylic acids is 2. The van der Waals surface area contributed by atoms with Crippen molar-refractivity contribution >= 4 is 12.1 Å². The van der Waals surface area contributed by atoms with Gasteiger partial charge in [-0.05, 0) is 58.7 Å². The first kappa shape index (κ1) is 38.2. The molecule has 3 rings (SSSR count). The van der Waals surface area contributed by atoms with Gasteiger partial charge >= 0.3 is 12.1 Å². The zero-order valence-corrected chi connectivity index (χ0v) is 29.1. The number of methoxy groups -OCH3 is 1. The van der Waals surface area contributed by atoms with Crippen LogP contribution in [0, 0.1) is 11.8 Å². The minimum Gasteiger partial charge on any atom is -0.457 e. The predicted molar refractivity (Wildman–Crippen MR) is 175 cm³/mol. The van der Waals surface area contributed by atoms with Crippen molar-refractivity contribution in [1.82, 2.24) is 9.80 Å². The highest BCUT2D eigenvalue weighted by molar-refractivity contribution is 5.70. The SMILES string of the molecule is CC[C@H](O)[C@@H](C)[C@H]1O[C@@H]1C[C@@](C)(O)/C=C/C=C(\C)[C@H]1OC(=O)C[C@H](O)CC[C@@](C)(OC)[C@@H](OC(=O)N2CCN(C)CC2)/C=C/[C@@H]1C. The van der Waals surface area contributed by atoms with Crippen molar-refractivity contribution in [1.29, 1.82) is 0 Å². The van der Waals surface area contributed by atoms with Gasteiger partial charge in [-0.2, -0.15) is 0 Å². The molecule has 0 unspecified atom stereocenters. The van der Waals surface area contributed by atoms with Crippen LogP contribution < -0.4 is 0 Å². The molecule has 0 radical (unpaired) electrons. The fourth-order valence-corrected chi connectivity index (χ4v) is 6.18. The number of aliphatic hydroxyl groups is 3. The number of cyclic esters (lactones) is 1. The van der Waals surface area contributed by atoms with Gasteiger partial charge in [0.15, 0.2) is 6.10 Å². The summed E-state index contributed by atoms with van der Waals surface area (Å²) < 4.78 is 23.6. The van der Waals surface area contributed by atoms with Crippen molar-refractivity contribution in [2.24, 2.45) is 11.8 Å². The van der Waals surface area contributed by atoms with Gasteiger partial charge < -0.3 is 44.1 Å². The number of aliphatic hydroxyl groups excluding tert-OH is 2. The van der Waals surface area contributed by atoms with Crippen LogP contribution in [-0.4, -0.2) is 125 Å². The summed E-state index contributed by atoms with van der Waals surface area (Å²) >= 11 is 0. The number of ether oxygens (including phenoxy) is 4. The second kappa shape index (κ2) is 16.7. The summed E-state index contributed by atoms with van der Waals surface area (Å²) in [5, 5.41) is 31.9. The third-order valence-electron chi connectivity index (χ3n) is 9.80. The fourth-order valence-electron chi connectivity index (χ4n) is 6.18. The minimum absolute atomic E-state index is 0.00239. The van der Waals surface area contributed by atoms with Gasteiger partial charge in [-0.25, -0.2) is 4.79 Å². The Morgan fingerprint density at radius 1 is 1.26 bits per heavy atom. The van der Waals surface area contributed by atoms with Crippen molar-refractivity contribution in [3.63, 3.8) is 0 Å². The van der Waals surface area contributed by atoms with Gasteiger partial charge in [0.25, 0.3) is 0 Å². The van der Waals surface area contributed by atoms with E-state index in [1.54, 1.807) is 43.2 Å². The van der Waals surface area contributed by atoms with Gasteiger partial charge in [-0.15, -0.1) is 0 Å². The number of piperazine rings is 1. The number of rotatable bonds is 10. The van der Waals surface area contributed by atoms with E-state index < -0.39 is 47.7 Å². The Kier molecular flexibility index (Phi) is 13.9. The van der Waals surface area contributed by atoms with Gasteiger partial charge in [-0.3, -0.25) is 4.79 Å². The highest BCUT2D eigenvalue weighted by Gasteiger charge is 2.47. The van der Waals surface area contributed by atoms with Gasteiger partial charge in [0, 0.05) is 51.5 Å². The molecule has 0 saturated carbocycles. The van der Waals surface area contributed by atoms with Crippen molar-refractivity contribution in [2.45, 2.75) is 121 Å². The number of esters is 1. The molecular formula is C35H58N2O9. The molecule has 46 heavy (non-hydrogen) atoms. The summed E-state index contributed by atoms with van der Waals surface area (Å²) in [4.78, 5) is 29.9. The molecule has 1 amide bonds. The maximum absolute atomic E-state index is 13.2. The molecule has 3 aliphatic rings. The highest BCUT2D eigenvalue weighted by Crippen LogP contribution is 2.37. The van der Waals surface area contributed by atoms with E-state index in [4.69, 9.17) is 18.9 Å². The van der Waals surface area contributed by atoms with Crippen LogP contribution in [0.25, 0.3) is 0 Å². The molecule has 2 fully saturated rings. The number of hydrogen-bond donors (Lipinski definition) is 3. The van der Waals surface area contributed by atoms with Crippen LogP contribution in [-0.2, 0) is 23.7 Å². The summed E-state index contributed by atoms with van der Waals surface area (Å²) in [5.74, 6) is -0.833. The van der Waals surface area contributed by atoms with E-state index in [2.05, 4.69) is 4.90 Å². The summed E-state index contributed by atoms with van der Waals surface area (Å²) in [5.41, 5.74) is -1.34. The fraction of sp³-hybridized carbons (Fsp3) is 0.771. The maximum atomic E-state index is 13.2. The number of nitrogens with zero attached hydrogens (tertiary/aromatic N) is 2. The van der Waals surface area contributed by atoms with Crippen LogP contribution in [0.2, 0.25) is 0 Å². The first-order valence-corrected chi connectivity index (χ1v) is 16.8. The van der Waals surface area contributed by atoms with E-state index in [1.165, 1.54) is 0 Å². The smallest absolute Gasteiger partial charge is 0.410 e. The molecule has 0 bridgehead atoms. The van der Waals surface area contributed by atoms with E-state index >= 15 is 0 Å². The molecule has 11 heteroatoms. The topological polar surface area (TPSA) is 142 Å². The molecule has 0 aromatic carbocycles. The number of likely N-dealkylation sites (N-methyl/N-ethyl adjacent to an activating group) is 1. The predicted octanol–water partition coefficient (Wildman–Crippen LogP) is 3.61. The molecular weight excluding hydrogens is 592 g/mol. The van der Waals surface area contributed by atoms with Crippen molar-refractivity contribution in [2.75, 3.05) is 40.3 Å². The molecule has 2 saturated heterocycles. The quantitative estimate of drug-likeness (QED) is 0.139. The molecule has 262 valence electrons. The lowest BCUT2D eigenvalue weighted by atomic mass is 9.88. The van der Waals surface area contributed by atoms with Crippen LogP contribution in [0.1, 0.15) is 73.6 Å². The third-order valence-corrected chi connectivity index (χ3v) is 9.80. The van der Waals surface area contributed by atoms with E-state index in [0.29, 0.717) is 32.4 Å². The maximum Gasteiger partial charge on any atom is 0.410 e. The summed E-state index contributed by atoms with van der Waals surface area (Å²) in [6.07, 6.45) is 6.98. The molecule has 0 aromatic heterocycles. The van der Waals surface area contributed by atoms with Crippen molar-refractivity contribution in [3.8, 4) is 0 Å². The molecule has 0 spiro atoms. The zero-order valence-electron chi connectivity index (χ0n) is 29.1. The van der Waals surface area contributed by atoms with E-state index in [1.807, 2.05) is 47.7 Å². The zero-order chi connectivity index (χ0) is 34.2. The first-order chi connectivity index (χ1) is 21.6. The van der Waals surface area contributed by atoms with Crippen LogP contribution in [0.4, 0.5) is 4.79 Å². The average molecular weight is 651 g/mol. The Morgan fingerprint density at radius 2 is 1.93 bits per heavy atom. The van der Waals surface area contributed by atoms with Crippen LogP contribution >= 0.6 is 0 Å². The molecule has 3 N–H and O–H groups in total. The Bertz CT molecular complexity index is 1100. The Labute approximate surface area is 275 Å². The van der Waals surface area contributed by atoms with Gasteiger partial charge in [0.2, 0.25) is 0 Å². The van der Waals surface area contributed by atoms with E-state index in [9.17, 15) is 24.9 Å². The molecule has 3 heterocycles. The summed E-state index contributed by atoms with van der Waals surface area (Å²) in [6.45, 7) is 13.9. The lowest BCUT2D eigenvalue weighted by Crippen LogP contribution is -2.50. The molecule has 11 nitrogen and oxygen atoms in total. The van der Waals surface area contributed by atoms with Crippen molar-refractivity contribution in [3.05, 3.63) is 36.0 Å². The number of hydrogen-bond acceptors (Lipinski definition) is 10. The minimum atomic E-state index is -1.14. The highest BCUT2D eigenvalue weighted by atomic mass is 16.6. The number of carbonyl (C=O) groups is 2. The third kappa shape index (κ3) is 10.9. The van der Waals surface area contributed by atoms with Gasteiger partial charge in [0.1, 0.15) is 11.7 Å². The average Bonchev–Trinajstić information content (AvgIpc) is 3.77.